The molecule has 0 aromatic carbocycles. The number of rotatable bonds is 6. The maximum atomic E-state index is 12.3. The molecule has 0 unspecified atom stereocenters. The molecule has 110 valence electrons. The summed E-state index contributed by atoms with van der Waals surface area (Å²) in [5.74, 6) is 0. The zero-order chi connectivity index (χ0) is 14.8. The molecule has 0 spiro atoms. The van der Waals surface area contributed by atoms with E-state index in [4.69, 9.17) is 0 Å². The van der Waals surface area contributed by atoms with E-state index in [2.05, 4.69) is 25.2 Å². The molecule has 0 saturated heterocycles. The summed E-state index contributed by atoms with van der Waals surface area (Å²) in [6, 6.07) is 0. The largest absolute Gasteiger partial charge is 0.316 e. The Bertz CT molecular complexity index is 689. The van der Waals surface area contributed by atoms with Crippen LogP contribution in [0.5, 0.6) is 0 Å². The molecule has 0 atom stereocenters. The summed E-state index contributed by atoms with van der Waals surface area (Å²) in [4.78, 5) is 5.30. The molecule has 2 aromatic rings. The monoisotopic (exact) mass is 315 g/mol. The molecule has 20 heavy (non-hydrogen) atoms. The van der Waals surface area contributed by atoms with Crippen molar-refractivity contribution in [3.63, 3.8) is 0 Å². The average molecular weight is 315 g/mol. The minimum Gasteiger partial charge on any atom is -0.316 e. The van der Waals surface area contributed by atoms with Crippen molar-refractivity contribution in [2.24, 2.45) is 0 Å². The summed E-state index contributed by atoms with van der Waals surface area (Å²) in [5.41, 5.74) is 1.50. The Balaban J connectivity index is 2.28. The second kappa shape index (κ2) is 5.90. The Morgan fingerprint density at radius 2 is 2.20 bits per heavy atom. The van der Waals surface area contributed by atoms with Crippen molar-refractivity contribution in [3.05, 3.63) is 22.3 Å². The average Bonchev–Trinajstić information content (AvgIpc) is 2.96. The first-order valence-corrected chi connectivity index (χ1v) is 8.43. The van der Waals surface area contributed by atoms with Crippen LogP contribution in [0.1, 0.15) is 23.1 Å². The highest BCUT2D eigenvalue weighted by molar-refractivity contribution is 7.92. The van der Waals surface area contributed by atoms with Crippen molar-refractivity contribution >= 4 is 26.5 Å². The van der Waals surface area contributed by atoms with Gasteiger partial charge in [-0.1, -0.05) is 6.92 Å². The molecular formula is C11H17N5O2S2. The zero-order valence-corrected chi connectivity index (χ0v) is 13.2. The maximum absolute atomic E-state index is 12.3. The van der Waals surface area contributed by atoms with Gasteiger partial charge >= 0.3 is 0 Å². The molecule has 0 bridgehead atoms. The summed E-state index contributed by atoms with van der Waals surface area (Å²) in [6.45, 7) is 4.33. The lowest BCUT2D eigenvalue weighted by Crippen LogP contribution is -2.17. The van der Waals surface area contributed by atoms with Gasteiger partial charge in [-0.2, -0.15) is 13.5 Å². The van der Waals surface area contributed by atoms with Gasteiger partial charge in [0.25, 0.3) is 10.0 Å². The van der Waals surface area contributed by atoms with Crippen LogP contribution in [-0.4, -0.2) is 30.6 Å². The van der Waals surface area contributed by atoms with Gasteiger partial charge in [-0.15, -0.1) is 11.3 Å². The second-order valence-corrected chi connectivity index (χ2v) is 7.06. The fourth-order valence-corrected chi connectivity index (χ4v) is 4.08. The number of aromatic nitrogens is 3. The molecule has 7 nitrogen and oxygen atoms in total. The molecule has 2 heterocycles. The third-order valence-corrected chi connectivity index (χ3v) is 5.17. The highest BCUT2D eigenvalue weighted by atomic mass is 32.2. The minimum atomic E-state index is -3.69. The zero-order valence-electron chi connectivity index (χ0n) is 11.5. The van der Waals surface area contributed by atoms with Crippen molar-refractivity contribution < 1.29 is 8.42 Å². The molecule has 3 N–H and O–H groups in total. The number of aryl methyl sites for hydroxylation is 2. The number of anilines is 1. The fourth-order valence-electron chi connectivity index (χ4n) is 1.81. The van der Waals surface area contributed by atoms with Gasteiger partial charge in [0.2, 0.25) is 0 Å². The molecule has 0 aliphatic heterocycles. The predicted octanol–water partition coefficient (Wildman–Crippen LogP) is 1.26. The van der Waals surface area contributed by atoms with Crippen molar-refractivity contribution in [3.8, 4) is 0 Å². The van der Waals surface area contributed by atoms with Gasteiger partial charge in [-0.25, -0.2) is 4.98 Å². The van der Waals surface area contributed by atoms with E-state index in [1.165, 1.54) is 17.5 Å². The molecule has 0 saturated carbocycles. The van der Waals surface area contributed by atoms with Crippen molar-refractivity contribution in [1.29, 1.82) is 0 Å². The Labute approximate surface area is 121 Å². The van der Waals surface area contributed by atoms with E-state index in [9.17, 15) is 8.42 Å². The Morgan fingerprint density at radius 3 is 2.80 bits per heavy atom. The highest BCUT2D eigenvalue weighted by Gasteiger charge is 2.22. The van der Waals surface area contributed by atoms with Crippen LogP contribution in [0, 0.1) is 6.92 Å². The second-order valence-electron chi connectivity index (χ2n) is 4.24. The Morgan fingerprint density at radius 1 is 1.45 bits per heavy atom. The van der Waals surface area contributed by atoms with E-state index in [-0.39, 0.29) is 5.03 Å². The van der Waals surface area contributed by atoms with Crippen molar-refractivity contribution in [2.75, 3.05) is 11.8 Å². The van der Waals surface area contributed by atoms with Crippen LogP contribution >= 0.6 is 11.3 Å². The van der Waals surface area contributed by atoms with Gasteiger partial charge in [-0.3, -0.25) is 9.82 Å². The topological polar surface area (TPSA) is 99.8 Å². The van der Waals surface area contributed by atoms with E-state index in [1.54, 1.807) is 7.05 Å². The number of sulfonamides is 1. The van der Waals surface area contributed by atoms with Crippen molar-refractivity contribution in [2.45, 2.75) is 31.8 Å². The van der Waals surface area contributed by atoms with Crippen LogP contribution in [0.15, 0.2) is 11.2 Å². The molecule has 2 aromatic heterocycles. The number of hydrogen-bond donors (Lipinski definition) is 3. The molecule has 2 rings (SSSR count). The number of nitrogens with zero attached hydrogens (tertiary/aromatic N) is 2. The summed E-state index contributed by atoms with van der Waals surface area (Å²) in [7, 11) is -1.95. The van der Waals surface area contributed by atoms with Crippen LogP contribution in [0.3, 0.4) is 0 Å². The van der Waals surface area contributed by atoms with Crippen LogP contribution in [0.4, 0.5) is 5.13 Å². The van der Waals surface area contributed by atoms with Gasteiger partial charge in [0.1, 0.15) is 0 Å². The Hall–Kier alpha value is -1.45. The third-order valence-electron chi connectivity index (χ3n) is 2.76. The lowest BCUT2D eigenvalue weighted by Gasteiger charge is -2.05. The summed E-state index contributed by atoms with van der Waals surface area (Å²) >= 11 is 1.33. The lowest BCUT2D eigenvalue weighted by molar-refractivity contribution is 0.595. The van der Waals surface area contributed by atoms with E-state index in [0.717, 1.165) is 17.0 Å². The third kappa shape index (κ3) is 3.00. The molecule has 9 heteroatoms. The smallest absolute Gasteiger partial charge is 0.280 e. The number of H-pyrrole nitrogens is 1. The van der Waals surface area contributed by atoms with Gasteiger partial charge in [-0.05, 0) is 20.4 Å². The van der Waals surface area contributed by atoms with E-state index < -0.39 is 10.0 Å². The minimum absolute atomic E-state index is 0.0674. The first kappa shape index (κ1) is 14.9. The molecule has 0 fully saturated rings. The summed E-state index contributed by atoms with van der Waals surface area (Å²) in [5, 5.41) is 9.66. The maximum Gasteiger partial charge on any atom is 0.280 e. The lowest BCUT2D eigenvalue weighted by atomic mass is 10.3. The van der Waals surface area contributed by atoms with Gasteiger partial charge in [0, 0.05) is 17.0 Å². The van der Waals surface area contributed by atoms with Gasteiger partial charge < -0.3 is 5.32 Å². The quantitative estimate of drug-likeness (QED) is 0.745. The van der Waals surface area contributed by atoms with Crippen LogP contribution in [0.25, 0.3) is 0 Å². The number of nitrogens with one attached hydrogen (secondary N) is 3. The van der Waals surface area contributed by atoms with Crippen LogP contribution in [-0.2, 0) is 23.0 Å². The normalized spacial score (nSPS) is 11.8. The standard InChI is InChI=1S/C11H17N5O2S2/c1-4-9-7(2)19-11(14-9)16-20(17,18)10-8(5-12-3)6-13-15-10/h6,12H,4-5H2,1-3H3,(H,13,15)(H,14,16). The van der Waals surface area contributed by atoms with E-state index in [1.807, 2.05) is 13.8 Å². The number of aromatic amines is 1. The first-order chi connectivity index (χ1) is 9.47. The van der Waals surface area contributed by atoms with Gasteiger partial charge in [0.15, 0.2) is 10.2 Å². The van der Waals surface area contributed by atoms with Gasteiger partial charge in [0.05, 0.1) is 11.9 Å². The number of hydrogen-bond acceptors (Lipinski definition) is 6. The van der Waals surface area contributed by atoms with E-state index >= 15 is 0 Å². The molecule has 0 radical (unpaired) electrons. The number of thiazole rings is 1. The van der Waals surface area contributed by atoms with E-state index in [0.29, 0.717) is 17.2 Å². The molecule has 0 amide bonds. The molecular weight excluding hydrogens is 298 g/mol. The molecule has 0 aliphatic rings. The predicted molar refractivity (Wildman–Crippen MR) is 78.4 cm³/mol. The highest BCUT2D eigenvalue weighted by Crippen LogP contribution is 2.25. The SMILES string of the molecule is CCc1nc(NS(=O)(=O)c2[nH]ncc2CNC)sc1C. The van der Waals surface area contributed by atoms with Crippen molar-refractivity contribution in [1.82, 2.24) is 20.5 Å². The van der Waals surface area contributed by atoms with Crippen LogP contribution < -0.4 is 10.0 Å². The first-order valence-electron chi connectivity index (χ1n) is 6.14. The summed E-state index contributed by atoms with van der Waals surface area (Å²) < 4.78 is 27.1. The summed E-state index contributed by atoms with van der Waals surface area (Å²) in [6.07, 6.45) is 2.27. The Kier molecular flexibility index (Phi) is 4.41. The van der Waals surface area contributed by atoms with Crippen LogP contribution in [0.2, 0.25) is 0 Å². The molecule has 0 aliphatic carbocycles. The fraction of sp³-hybridized carbons (Fsp3) is 0.455.